The highest BCUT2D eigenvalue weighted by atomic mass is 16.5. The predicted octanol–water partition coefficient (Wildman–Crippen LogP) is 3.17. The van der Waals surface area contributed by atoms with Crippen LogP contribution in [0.25, 0.3) is 0 Å². The van der Waals surface area contributed by atoms with Crippen LogP contribution in [0.2, 0.25) is 0 Å². The summed E-state index contributed by atoms with van der Waals surface area (Å²) in [6.07, 6.45) is 2.09. The molecule has 19 heavy (non-hydrogen) atoms. The fourth-order valence-electron chi connectivity index (χ4n) is 2.31. The molecule has 106 valence electrons. The summed E-state index contributed by atoms with van der Waals surface area (Å²) in [6, 6.07) is 6.69. The summed E-state index contributed by atoms with van der Waals surface area (Å²) in [6.45, 7) is 10.1. The fraction of sp³-hybridized carbons (Fsp3) is 0.625. The Labute approximate surface area is 116 Å². The Bertz CT molecular complexity index is 429. The molecular weight excluding hydrogens is 238 g/mol. The van der Waals surface area contributed by atoms with E-state index in [9.17, 15) is 0 Å². The average Bonchev–Trinajstić information content (AvgIpc) is 2.68. The van der Waals surface area contributed by atoms with Gasteiger partial charge in [0.2, 0.25) is 0 Å². The molecule has 1 aliphatic heterocycles. The van der Waals surface area contributed by atoms with E-state index in [4.69, 9.17) is 9.47 Å². The largest absolute Gasteiger partial charge is 0.488 e. The van der Waals surface area contributed by atoms with Gasteiger partial charge >= 0.3 is 0 Å². The number of nitrogens with one attached hydrogen (secondary N) is 1. The number of benzene rings is 1. The Hall–Kier alpha value is -1.22. The Kier molecular flexibility index (Phi) is 4.35. The minimum atomic E-state index is -0.114. The summed E-state index contributed by atoms with van der Waals surface area (Å²) >= 11 is 0. The first-order chi connectivity index (χ1) is 9.02. The maximum absolute atomic E-state index is 5.98. The highest BCUT2D eigenvalue weighted by Crippen LogP contribution is 2.41. The molecule has 3 heteroatoms. The van der Waals surface area contributed by atoms with Crippen LogP contribution in [0.1, 0.15) is 39.7 Å². The normalized spacial score (nSPS) is 17.7. The SMILES string of the molecule is CCC(C)NCCOc1cccc2c1OC(C)(C)C2. The van der Waals surface area contributed by atoms with Gasteiger partial charge in [-0.1, -0.05) is 19.1 Å². The molecule has 1 heterocycles. The maximum atomic E-state index is 5.98. The second kappa shape index (κ2) is 5.83. The molecule has 1 aliphatic rings. The van der Waals surface area contributed by atoms with Gasteiger partial charge in [-0.2, -0.15) is 0 Å². The lowest BCUT2D eigenvalue weighted by atomic mass is 10.0. The van der Waals surface area contributed by atoms with Crippen molar-refractivity contribution in [3.63, 3.8) is 0 Å². The van der Waals surface area contributed by atoms with Crippen molar-refractivity contribution in [2.75, 3.05) is 13.2 Å². The topological polar surface area (TPSA) is 30.5 Å². The van der Waals surface area contributed by atoms with Crippen molar-refractivity contribution in [1.29, 1.82) is 0 Å². The van der Waals surface area contributed by atoms with E-state index in [0.717, 1.165) is 30.9 Å². The molecule has 0 fully saturated rings. The van der Waals surface area contributed by atoms with Gasteiger partial charge in [0.15, 0.2) is 11.5 Å². The minimum absolute atomic E-state index is 0.114. The monoisotopic (exact) mass is 263 g/mol. The van der Waals surface area contributed by atoms with E-state index in [1.807, 2.05) is 12.1 Å². The Morgan fingerprint density at radius 2 is 2.21 bits per heavy atom. The second-order valence-corrected chi connectivity index (χ2v) is 5.89. The highest BCUT2D eigenvalue weighted by molar-refractivity contribution is 5.50. The van der Waals surface area contributed by atoms with Gasteiger partial charge in [0.25, 0.3) is 0 Å². The zero-order valence-electron chi connectivity index (χ0n) is 12.5. The zero-order valence-corrected chi connectivity index (χ0v) is 12.5. The van der Waals surface area contributed by atoms with Gasteiger partial charge < -0.3 is 14.8 Å². The molecule has 0 amide bonds. The van der Waals surface area contributed by atoms with Gasteiger partial charge in [0.1, 0.15) is 12.2 Å². The number of hydrogen-bond donors (Lipinski definition) is 1. The molecule has 1 aromatic rings. The van der Waals surface area contributed by atoms with E-state index in [-0.39, 0.29) is 5.60 Å². The molecule has 0 bridgehead atoms. The molecule has 1 aromatic carbocycles. The van der Waals surface area contributed by atoms with Gasteiger partial charge in [-0.25, -0.2) is 0 Å². The predicted molar refractivity (Wildman–Crippen MR) is 78.1 cm³/mol. The van der Waals surface area contributed by atoms with Gasteiger partial charge in [-0.05, 0) is 33.3 Å². The van der Waals surface area contributed by atoms with E-state index >= 15 is 0 Å². The van der Waals surface area contributed by atoms with E-state index in [1.165, 1.54) is 5.56 Å². The molecule has 2 rings (SSSR count). The highest BCUT2D eigenvalue weighted by Gasteiger charge is 2.32. The lowest BCUT2D eigenvalue weighted by Gasteiger charge is -2.18. The molecule has 0 aliphatic carbocycles. The van der Waals surface area contributed by atoms with Crippen molar-refractivity contribution in [2.45, 2.75) is 52.2 Å². The summed E-state index contributed by atoms with van der Waals surface area (Å²) in [5, 5.41) is 3.42. The van der Waals surface area contributed by atoms with Crippen molar-refractivity contribution in [1.82, 2.24) is 5.32 Å². The van der Waals surface area contributed by atoms with Crippen molar-refractivity contribution >= 4 is 0 Å². The van der Waals surface area contributed by atoms with E-state index < -0.39 is 0 Å². The van der Waals surface area contributed by atoms with Crippen LogP contribution < -0.4 is 14.8 Å². The van der Waals surface area contributed by atoms with Crippen LogP contribution in [0.15, 0.2) is 18.2 Å². The third-order valence-electron chi connectivity index (χ3n) is 3.52. The minimum Gasteiger partial charge on any atom is -0.488 e. The summed E-state index contributed by atoms with van der Waals surface area (Å²) < 4.78 is 11.8. The lowest BCUT2D eigenvalue weighted by molar-refractivity contribution is 0.132. The van der Waals surface area contributed by atoms with Crippen LogP contribution in [0.3, 0.4) is 0 Å². The Morgan fingerprint density at radius 1 is 1.42 bits per heavy atom. The summed E-state index contributed by atoms with van der Waals surface area (Å²) in [5.74, 6) is 1.80. The molecule has 1 N–H and O–H groups in total. The Balaban J connectivity index is 1.91. The molecule has 0 aromatic heterocycles. The molecule has 0 radical (unpaired) electrons. The number of para-hydroxylation sites is 1. The molecule has 3 nitrogen and oxygen atoms in total. The maximum Gasteiger partial charge on any atom is 0.165 e. The van der Waals surface area contributed by atoms with Crippen LogP contribution in [-0.4, -0.2) is 24.8 Å². The number of fused-ring (bicyclic) bond motifs is 1. The molecule has 1 unspecified atom stereocenters. The first-order valence-electron chi connectivity index (χ1n) is 7.19. The molecule has 1 atom stereocenters. The molecule has 0 saturated carbocycles. The summed E-state index contributed by atoms with van der Waals surface area (Å²) in [5.41, 5.74) is 1.13. The zero-order chi connectivity index (χ0) is 13.9. The van der Waals surface area contributed by atoms with Gasteiger partial charge in [0, 0.05) is 24.6 Å². The second-order valence-electron chi connectivity index (χ2n) is 5.89. The fourth-order valence-corrected chi connectivity index (χ4v) is 2.31. The van der Waals surface area contributed by atoms with Crippen LogP contribution in [0.4, 0.5) is 0 Å². The van der Waals surface area contributed by atoms with Crippen LogP contribution >= 0.6 is 0 Å². The molecule has 0 spiro atoms. The van der Waals surface area contributed by atoms with Crippen LogP contribution in [0.5, 0.6) is 11.5 Å². The average molecular weight is 263 g/mol. The van der Waals surface area contributed by atoms with Crippen molar-refractivity contribution in [3.05, 3.63) is 23.8 Å². The first-order valence-corrected chi connectivity index (χ1v) is 7.19. The quantitative estimate of drug-likeness (QED) is 0.800. The third-order valence-corrected chi connectivity index (χ3v) is 3.52. The van der Waals surface area contributed by atoms with Gasteiger partial charge in [-0.3, -0.25) is 0 Å². The van der Waals surface area contributed by atoms with E-state index in [1.54, 1.807) is 0 Å². The summed E-state index contributed by atoms with van der Waals surface area (Å²) in [7, 11) is 0. The standard InChI is InChI=1S/C16H25NO2/c1-5-12(2)17-9-10-18-14-8-6-7-13-11-16(3,4)19-15(13)14/h6-8,12,17H,5,9-11H2,1-4H3. The van der Waals surface area contributed by atoms with Gasteiger partial charge in [0.05, 0.1) is 0 Å². The molecular formula is C16H25NO2. The Morgan fingerprint density at radius 3 is 2.95 bits per heavy atom. The van der Waals surface area contributed by atoms with Crippen LogP contribution in [0, 0.1) is 0 Å². The van der Waals surface area contributed by atoms with E-state index in [2.05, 4.69) is 39.1 Å². The van der Waals surface area contributed by atoms with Gasteiger partial charge in [-0.15, -0.1) is 0 Å². The van der Waals surface area contributed by atoms with E-state index in [0.29, 0.717) is 12.6 Å². The smallest absolute Gasteiger partial charge is 0.165 e. The number of ether oxygens (including phenoxy) is 2. The molecule has 0 saturated heterocycles. The van der Waals surface area contributed by atoms with Crippen LogP contribution in [-0.2, 0) is 6.42 Å². The third kappa shape index (κ3) is 3.63. The summed E-state index contributed by atoms with van der Waals surface area (Å²) in [4.78, 5) is 0. The first kappa shape index (κ1) is 14.2. The van der Waals surface area contributed by atoms with Crippen molar-refractivity contribution < 1.29 is 9.47 Å². The number of rotatable bonds is 6. The van der Waals surface area contributed by atoms with Crippen molar-refractivity contribution in [3.8, 4) is 11.5 Å². The lowest BCUT2D eigenvalue weighted by Crippen LogP contribution is -2.29. The van der Waals surface area contributed by atoms with Crippen molar-refractivity contribution in [2.24, 2.45) is 0 Å². The number of hydrogen-bond acceptors (Lipinski definition) is 3.